The smallest absolute Gasteiger partial charge is 0.311 e. The van der Waals surface area contributed by atoms with E-state index in [1.165, 1.54) is 29.5 Å². The van der Waals surface area contributed by atoms with E-state index in [0.29, 0.717) is 16.7 Å². The van der Waals surface area contributed by atoms with Crippen LogP contribution in [0.5, 0.6) is 5.75 Å². The predicted molar refractivity (Wildman–Crippen MR) is 99.9 cm³/mol. The number of ether oxygens (including phenoxy) is 1. The molecule has 0 spiro atoms. The van der Waals surface area contributed by atoms with Crippen LogP contribution in [0.2, 0.25) is 0 Å². The maximum atomic E-state index is 12.6. The molecule has 2 aromatic carbocycles. The Morgan fingerprint density at radius 3 is 2.81 bits per heavy atom. The van der Waals surface area contributed by atoms with Gasteiger partial charge in [-0.1, -0.05) is 12.1 Å². The Bertz CT molecular complexity index is 1030. The van der Waals surface area contributed by atoms with Gasteiger partial charge in [0.25, 0.3) is 0 Å². The van der Waals surface area contributed by atoms with Gasteiger partial charge in [-0.15, -0.1) is 0 Å². The second-order valence-corrected chi connectivity index (χ2v) is 6.95. The molecule has 5 nitrogen and oxygen atoms in total. The van der Waals surface area contributed by atoms with Crippen LogP contribution in [0.3, 0.4) is 0 Å². The van der Waals surface area contributed by atoms with Gasteiger partial charge in [0.15, 0.2) is 6.10 Å². The summed E-state index contributed by atoms with van der Waals surface area (Å²) in [6, 6.07) is 10.4. The molecule has 1 aliphatic rings. The van der Waals surface area contributed by atoms with Gasteiger partial charge in [0, 0.05) is 22.6 Å². The van der Waals surface area contributed by atoms with Crippen molar-refractivity contribution in [3.8, 4) is 5.75 Å². The highest BCUT2D eigenvalue weighted by molar-refractivity contribution is 6.00. The number of esters is 1. The molecule has 0 aliphatic heterocycles. The number of aromatic hydroxyl groups is 1. The number of carbonyl (C=O) groups excluding carboxylic acids is 2. The average Bonchev–Trinajstić information content (AvgIpc) is 3.27. The summed E-state index contributed by atoms with van der Waals surface area (Å²) in [7, 11) is 0. The van der Waals surface area contributed by atoms with E-state index >= 15 is 0 Å². The fourth-order valence-electron chi connectivity index (χ4n) is 3.62. The summed E-state index contributed by atoms with van der Waals surface area (Å²) < 4.78 is 10.7. The molecule has 27 heavy (non-hydrogen) atoms. The van der Waals surface area contributed by atoms with Crippen LogP contribution in [-0.2, 0) is 28.8 Å². The Balaban J connectivity index is 1.43. The molecule has 0 radical (unpaired) electrons. The van der Waals surface area contributed by atoms with Gasteiger partial charge >= 0.3 is 5.97 Å². The van der Waals surface area contributed by atoms with Crippen LogP contribution in [0.15, 0.2) is 47.1 Å². The molecule has 0 fully saturated rings. The second kappa shape index (κ2) is 6.91. The first-order chi connectivity index (χ1) is 13.0. The molecule has 0 unspecified atom stereocenters. The SMILES string of the molecule is C[C@@H](OC(=O)Cc1coc2cc(O)ccc12)C(=O)c1ccc2c(c1)CCC2. The van der Waals surface area contributed by atoms with Gasteiger partial charge in [-0.3, -0.25) is 9.59 Å². The average molecular weight is 364 g/mol. The van der Waals surface area contributed by atoms with Crippen molar-refractivity contribution < 1.29 is 23.8 Å². The lowest BCUT2D eigenvalue weighted by molar-refractivity contribution is -0.145. The second-order valence-electron chi connectivity index (χ2n) is 6.95. The molecule has 0 amide bonds. The number of benzene rings is 2. The number of rotatable bonds is 5. The first-order valence-electron chi connectivity index (χ1n) is 9.06. The molecule has 4 rings (SSSR count). The zero-order valence-corrected chi connectivity index (χ0v) is 15.0. The minimum atomic E-state index is -0.848. The third-order valence-corrected chi connectivity index (χ3v) is 5.03. The Morgan fingerprint density at radius 2 is 1.96 bits per heavy atom. The predicted octanol–water partition coefficient (Wildman–Crippen LogP) is 3.98. The van der Waals surface area contributed by atoms with Crippen LogP contribution in [0.1, 0.15) is 40.4 Å². The molecule has 1 aromatic heterocycles. The van der Waals surface area contributed by atoms with Crippen molar-refractivity contribution in [3.05, 3.63) is 64.9 Å². The molecule has 0 saturated carbocycles. The number of hydrogen-bond acceptors (Lipinski definition) is 5. The summed E-state index contributed by atoms with van der Waals surface area (Å²) in [4.78, 5) is 24.9. The molecule has 138 valence electrons. The van der Waals surface area contributed by atoms with Crippen molar-refractivity contribution in [2.75, 3.05) is 0 Å². The van der Waals surface area contributed by atoms with Crippen molar-refractivity contribution in [2.45, 2.75) is 38.7 Å². The first-order valence-corrected chi connectivity index (χ1v) is 9.06. The number of Topliss-reactive ketones (excluding diaryl/α,β-unsaturated/α-hetero) is 1. The normalized spacial score (nSPS) is 14.1. The van der Waals surface area contributed by atoms with Crippen LogP contribution in [-0.4, -0.2) is 23.0 Å². The maximum Gasteiger partial charge on any atom is 0.311 e. The van der Waals surface area contributed by atoms with Crippen LogP contribution in [0.4, 0.5) is 0 Å². The number of furan rings is 1. The zero-order valence-electron chi connectivity index (χ0n) is 15.0. The Labute approximate surface area is 156 Å². The Kier molecular flexibility index (Phi) is 4.44. The first kappa shape index (κ1) is 17.3. The molecular formula is C22H20O5. The monoisotopic (exact) mass is 364 g/mol. The third-order valence-electron chi connectivity index (χ3n) is 5.03. The molecule has 1 aliphatic carbocycles. The van der Waals surface area contributed by atoms with E-state index in [2.05, 4.69) is 0 Å². The summed E-state index contributed by atoms with van der Waals surface area (Å²) >= 11 is 0. The molecule has 5 heteroatoms. The highest BCUT2D eigenvalue weighted by atomic mass is 16.5. The molecule has 0 bridgehead atoms. The summed E-state index contributed by atoms with van der Waals surface area (Å²) in [5.74, 6) is -0.590. The topological polar surface area (TPSA) is 76.7 Å². The maximum absolute atomic E-state index is 12.6. The number of ketones is 1. The molecule has 1 N–H and O–H groups in total. The number of fused-ring (bicyclic) bond motifs is 2. The van der Waals surface area contributed by atoms with Crippen molar-refractivity contribution in [3.63, 3.8) is 0 Å². The molecule has 3 aromatic rings. The van der Waals surface area contributed by atoms with Crippen molar-refractivity contribution in [2.24, 2.45) is 0 Å². The number of carbonyl (C=O) groups is 2. The van der Waals surface area contributed by atoms with Gasteiger partial charge in [-0.25, -0.2) is 0 Å². The molecular weight excluding hydrogens is 344 g/mol. The Hall–Kier alpha value is -3.08. The summed E-state index contributed by atoms with van der Waals surface area (Å²) in [6.07, 6.45) is 3.80. The van der Waals surface area contributed by atoms with E-state index < -0.39 is 12.1 Å². The lowest BCUT2D eigenvalue weighted by Crippen LogP contribution is -2.25. The lowest BCUT2D eigenvalue weighted by Gasteiger charge is -2.13. The highest BCUT2D eigenvalue weighted by Crippen LogP contribution is 2.26. The van der Waals surface area contributed by atoms with E-state index in [0.717, 1.165) is 24.6 Å². The van der Waals surface area contributed by atoms with Crippen molar-refractivity contribution in [1.82, 2.24) is 0 Å². The van der Waals surface area contributed by atoms with E-state index in [-0.39, 0.29) is 18.0 Å². The summed E-state index contributed by atoms with van der Waals surface area (Å²) in [6.45, 7) is 1.60. The number of phenolic OH excluding ortho intramolecular Hbond substituents is 1. The third kappa shape index (κ3) is 3.45. The highest BCUT2D eigenvalue weighted by Gasteiger charge is 2.22. The van der Waals surface area contributed by atoms with Crippen molar-refractivity contribution in [1.29, 1.82) is 0 Å². The number of aryl methyl sites for hydroxylation is 2. The van der Waals surface area contributed by atoms with Crippen LogP contribution >= 0.6 is 0 Å². The van der Waals surface area contributed by atoms with E-state index in [1.807, 2.05) is 18.2 Å². The van der Waals surface area contributed by atoms with Gasteiger partial charge in [0.2, 0.25) is 5.78 Å². The van der Waals surface area contributed by atoms with Gasteiger partial charge in [-0.2, -0.15) is 0 Å². The van der Waals surface area contributed by atoms with Gasteiger partial charge in [0.05, 0.1) is 12.7 Å². The number of phenols is 1. The van der Waals surface area contributed by atoms with E-state index in [9.17, 15) is 14.7 Å². The zero-order chi connectivity index (χ0) is 19.0. The fraction of sp³-hybridized carbons (Fsp3) is 0.273. The minimum absolute atomic E-state index is 0.000414. The Morgan fingerprint density at radius 1 is 1.15 bits per heavy atom. The molecule has 0 saturated heterocycles. The van der Waals surface area contributed by atoms with Crippen LogP contribution in [0.25, 0.3) is 11.0 Å². The van der Waals surface area contributed by atoms with Crippen molar-refractivity contribution >= 4 is 22.7 Å². The van der Waals surface area contributed by atoms with Crippen LogP contribution in [0, 0.1) is 0 Å². The van der Waals surface area contributed by atoms with Gasteiger partial charge in [0.1, 0.15) is 11.3 Å². The van der Waals surface area contributed by atoms with Crippen LogP contribution < -0.4 is 0 Å². The number of hydrogen-bond donors (Lipinski definition) is 1. The van der Waals surface area contributed by atoms with E-state index in [4.69, 9.17) is 9.15 Å². The van der Waals surface area contributed by atoms with E-state index in [1.54, 1.807) is 13.0 Å². The molecule has 1 atom stereocenters. The minimum Gasteiger partial charge on any atom is -0.508 e. The van der Waals surface area contributed by atoms with Gasteiger partial charge in [-0.05, 0) is 55.5 Å². The van der Waals surface area contributed by atoms with Gasteiger partial charge < -0.3 is 14.3 Å². The quantitative estimate of drug-likeness (QED) is 0.547. The molecule has 1 heterocycles. The fourth-order valence-corrected chi connectivity index (χ4v) is 3.62. The summed E-state index contributed by atoms with van der Waals surface area (Å²) in [5, 5.41) is 10.2. The standard InChI is InChI=1S/C22H20O5/c1-13(22(25)16-6-5-14-3-2-4-15(14)9-16)27-21(24)10-17-12-26-20-11-18(23)7-8-19(17)20/h5-9,11-13,23H,2-4,10H2,1H3/t13-/m1/s1. The summed E-state index contributed by atoms with van der Waals surface area (Å²) in [5.41, 5.74) is 4.26. The largest absolute Gasteiger partial charge is 0.508 e. The lowest BCUT2D eigenvalue weighted by atomic mass is 10.0.